The summed E-state index contributed by atoms with van der Waals surface area (Å²) in [4.78, 5) is 15.6. The van der Waals surface area contributed by atoms with Crippen molar-refractivity contribution in [3.63, 3.8) is 0 Å². The Kier molecular flexibility index (Phi) is 3.58. The largest absolute Gasteiger partial charge is 0.867 e. The first-order chi connectivity index (χ1) is 13.1. The number of hydrogen-bond donors (Lipinski definition) is 2. The average molecular weight is 401 g/mol. The standard InChI is InChI=1S/C18H15N3O6S/c1-20-13(18(24)25)15(23)14-16(28(20,26)27)10-6-3-4-7-11(10)21(14,2)17-12(22)8-5-9-19-17/h3-9H,1-2H3,(H2-,22,23,24,25). The van der Waals surface area contributed by atoms with Crippen LogP contribution in [0.2, 0.25) is 0 Å². The molecule has 0 aliphatic carbocycles. The van der Waals surface area contributed by atoms with Crippen molar-refractivity contribution in [1.29, 1.82) is 0 Å². The lowest BCUT2D eigenvalue weighted by Crippen LogP contribution is -2.45. The minimum Gasteiger partial charge on any atom is -0.867 e. The predicted octanol–water partition coefficient (Wildman–Crippen LogP) is 0.670. The molecule has 2 aliphatic heterocycles. The molecule has 3 heterocycles. The van der Waals surface area contributed by atoms with E-state index in [9.17, 15) is 28.5 Å². The van der Waals surface area contributed by atoms with Gasteiger partial charge in [0.2, 0.25) is 0 Å². The minimum atomic E-state index is -4.32. The summed E-state index contributed by atoms with van der Waals surface area (Å²) in [5.41, 5.74) is -0.523. The van der Waals surface area contributed by atoms with Gasteiger partial charge < -0.3 is 15.3 Å². The number of likely N-dealkylation sites (N-methyl/N-ethyl adjacent to an activating group) is 2. The Bertz CT molecular complexity index is 1220. The van der Waals surface area contributed by atoms with Gasteiger partial charge in [0, 0.05) is 19.3 Å². The number of hydrogen-bond acceptors (Lipinski definition) is 6. The third-order valence-corrected chi connectivity index (χ3v) is 6.88. The number of nitrogens with zero attached hydrogens (tertiary/aromatic N) is 3. The molecule has 2 aliphatic rings. The van der Waals surface area contributed by atoms with Crippen molar-refractivity contribution in [2.24, 2.45) is 0 Å². The fraction of sp³-hybridized carbons (Fsp3) is 0.111. The fourth-order valence-electron chi connectivity index (χ4n) is 3.77. The van der Waals surface area contributed by atoms with Gasteiger partial charge in [-0.25, -0.2) is 22.7 Å². The number of benzene rings is 1. The Morgan fingerprint density at radius 3 is 2.54 bits per heavy atom. The Labute approximate surface area is 160 Å². The summed E-state index contributed by atoms with van der Waals surface area (Å²) in [6.07, 6.45) is 1.40. The van der Waals surface area contributed by atoms with Crippen LogP contribution < -0.4 is 9.59 Å². The second-order valence-electron chi connectivity index (χ2n) is 6.50. The van der Waals surface area contributed by atoms with Gasteiger partial charge in [0.05, 0.1) is 12.6 Å². The third-order valence-electron chi connectivity index (χ3n) is 5.05. The number of rotatable bonds is 2. The molecule has 0 bridgehead atoms. The van der Waals surface area contributed by atoms with Gasteiger partial charge in [-0.1, -0.05) is 12.1 Å². The first kappa shape index (κ1) is 18.0. The van der Waals surface area contributed by atoms with Crippen LogP contribution >= 0.6 is 0 Å². The van der Waals surface area contributed by atoms with Crippen LogP contribution in [0.4, 0.5) is 11.5 Å². The van der Waals surface area contributed by atoms with E-state index in [1.54, 1.807) is 24.3 Å². The van der Waals surface area contributed by atoms with Crippen molar-refractivity contribution in [3.05, 3.63) is 65.3 Å². The Morgan fingerprint density at radius 2 is 1.89 bits per heavy atom. The normalized spacial score (nSPS) is 22.9. The maximum atomic E-state index is 13.2. The molecule has 2 N–H and O–H groups in total. The number of aromatic nitrogens is 1. The topological polar surface area (TPSA) is 131 Å². The maximum absolute atomic E-state index is 13.2. The maximum Gasteiger partial charge on any atom is 0.352 e. The monoisotopic (exact) mass is 401 g/mol. The number of sulfonamides is 1. The van der Waals surface area contributed by atoms with E-state index in [2.05, 4.69) is 4.98 Å². The van der Waals surface area contributed by atoms with Crippen molar-refractivity contribution in [1.82, 2.24) is 13.8 Å². The van der Waals surface area contributed by atoms with Crippen molar-refractivity contribution in [2.45, 2.75) is 0 Å². The van der Waals surface area contributed by atoms with Gasteiger partial charge in [-0.3, -0.25) is 4.31 Å². The summed E-state index contributed by atoms with van der Waals surface area (Å²) < 4.78 is 26.2. The quantitative estimate of drug-likeness (QED) is 0.707. The molecule has 9 nitrogen and oxygen atoms in total. The Hall–Kier alpha value is -3.37. The first-order valence-corrected chi connectivity index (χ1v) is 9.57. The van der Waals surface area contributed by atoms with Crippen molar-refractivity contribution < 1.29 is 28.5 Å². The summed E-state index contributed by atoms with van der Waals surface area (Å²) >= 11 is 0. The highest BCUT2D eigenvalue weighted by Crippen LogP contribution is 2.56. The van der Waals surface area contributed by atoms with Crippen LogP contribution in [0.5, 0.6) is 5.75 Å². The molecule has 0 spiro atoms. The summed E-state index contributed by atoms with van der Waals surface area (Å²) in [5, 5.41) is 33.1. The number of carbonyl (C=O) groups is 1. The Balaban J connectivity index is 2.21. The zero-order chi connectivity index (χ0) is 20.4. The molecule has 144 valence electrons. The number of aromatic hydroxyl groups is 1. The highest BCUT2D eigenvalue weighted by Gasteiger charge is 2.54. The zero-order valence-corrected chi connectivity index (χ0v) is 15.6. The molecule has 1 aromatic carbocycles. The van der Waals surface area contributed by atoms with Gasteiger partial charge in [-0.05, 0) is 24.0 Å². The van der Waals surface area contributed by atoms with Gasteiger partial charge in [0.15, 0.2) is 22.0 Å². The van der Waals surface area contributed by atoms with Gasteiger partial charge in [-0.15, -0.1) is 0 Å². The number of fused-ring (bicyclic) bond motifs is 2. The molecule has 0 saturated carbocycles. The van der Waals surface area contributed by atoms with Gasteiger partial charge in [0.1, 0.15) is 5.70 Å². The lowest BCUT2D eigenvalue weighted by molar-refractivity contribution is -0.302. The smallest absolute Gasteiger partial charge is 0.352 e. The molecule has 1 atom stereocenters. The predicted molar refractivity (Wildman–Crippen MR) is 98.0 cm³/mol. The van der Waals surface area contributed by atoms with Gasteiger partial charge in [0.25, 0.3) is 15.8 Å². The number of pyridine rings is 1. The average Bonchev–Trinajstić information content (AvgIpc) is 2.92. The molecular formula is C18H15N3O6S. The molecular weight excluding hydrogens is 386 g/mol. The molecule has 4 rings (SSSR count). The van der Waals surface area contributed by atoms with Crippen molar-refractivity contribution in [3.8, 4) is 5.75 Å². The van der Waals surface area contributed by atoms with E-state index < -0.39 is 31.9 Å². The molecule has 2 aromatic rings. The molecule has 1 aromatic heterocycles. The molecule has 0 fully saturated rings. The van der Waals surface area contributed by atoms with Crippen LogP contribution in [0, 0.1) is 0 Å². The van der Waals surface area contributed by atoms with Crippen LogP contribution in [-0.2, 0) is 14.8 Å². The lowest BCUT2D eigenvalue weighted by atomic mass is 10.2. The van der Waals surface area contributed by atoms with Crippen molar-refractivity contribution in [2.75, 3.05) is 14.1 Å². The van der Waals surface area contributed by atoms with E-state index >= 15 is 0 Å². The second kappa shape index (κ2) is 5.57. The number of quaternary nitrogens is 1. The molecule has 0 saturated heterocycles. The number of para-hydroxylation sites is 1. The molecule has 10 heteroatoms. The summed E-state index contributed by atoms with van der Waals surface area (Å²) in [6.45, 7) is 0. The number of carboxylic acid groups (broad SMARTS) is 1. The van der Waals surface area contributed by atoms with Gasteiger partial charge in [-0.2, -0.15) is 0 Å². The van der Waals surface area contributed by atoms with E-state index in [1.807, 2.05) is 0 Å². The number of aliphatic carboxylic acids is 1. The zero-order valence-electron chi connectivity index (χ0n) is 14.8. The SMILES string of the molecule is CN1C(C(=O)O)=C([O-])C2=C(c3ccccc3[N+]2(C)c2ncccc2O)S1(=O)=O. The molecule has 28 heavy (non-hydrogen) atoms. The first-order valence-electron chi connectivity index (χ1n) is 8.13. The van der Waals surface area contributed by atoms with E-state index in [0.29, 0.717) is 9.99 Å². The van der Waals surface area contributed by atoms with Crippen LogP contribution in [0.1, 0.15) is 5.56 Å². The Morgan fingerprint density at radius 1 is 1.21 bits per heavy atom. The van der Waals surface area contributed by atoms with Crippen LogP contribution in [0.25, 0.3) is 4.91 Å². The molecule has 0 amide bonds. The van der Waals surface area contributed by atoms with Crippen molar-refractivity contribution >= 4 is 32.4 Å². The van der Waals surface area contributed by atoms with Crippen LogP contribution in [0.15, 0.2) is 59.7 Å². The minimum absolute atomic E-state index is 0.0118. The summed E-state index contributed by atoms with van der Waals surface area (Å²) in [7, 11) is -1.79. The van der Waals surface area contributed by atoms with E-state index in [-0.39, 0.29) is 27.7 Å². The summed E-state index contributed by atoms with van der Waals surface area (Å²) in [6, 6.07) is 9.29. The highest BCUT2D eigenvalue weighted by molar-refractivity contribution is 7.98. The third kappa shape index (κ3) is 2.01. The van der Waals surface area contributed by atoms with Crippen LogP contribution in [0.3, 0.4) is 0 Å². The molecule has 0 radical (unpaired) electrons. The second-order valence-corrected chi connectivity index (χ2v) is 8.41. The van der Waals surface area contributed by atoms with Gasteiger partial charge >= 0.3 is 5.97 Å². The lowest BCUT2D eigenvalue weighted by Gasteiger charge is -2.37. The van der Waals surface area contributed by atoms with E-state index in [1.165, 1.54) is 25.4 Å². The van der Waals surface area contributed by atoms with Crippen LogP contribution in [-0.4, -0.2) is 48.0 Å². The fourth-order valence-corrected chi connectivity index (χ4v) is 5.42. The van der Waals surface area contributed by atoms with E-state index in [4.69, 9.17) is 0 Å². The summed E-state index contributed by atoms with van der Waals surface area (Å²) in [5.74, 6) is -2.86. The highest BCUT2D eigenvalue weighted by atomic mass is 32.2. The number of carboxylic acids is 1. The van der Waals surface area contributed by atoms with E-state index in [0.717, 1.165) is 7.05 Å². The molecule has 1 unspecified atom stereocenters.